The van der Waals surface area contributed by atoms with Gasteiger partial charge in [-0.3, -0.25) is 10.1 Å². The van der Waals surface area contributed by atoms with Crippen molar-refractivity contribution in [3.8, 4) is 11.5 Å². The lowest BCUT2D eigenvalue weighted by molar-refractivity contribution is 0.0974. The van der Waals surface area contributed by atoms with E-state index < -0.39 is 0 Å². The highest BCUT2D eigenvalue weighted by atomic mass is 79.9. The third-order valence-corrected chi connectivity index (χ3v) is 4.37. The highest BCUT2D eigenvalue weighted by molar-refractivity contribution is 9.11. The lowest BCUT2D eigenvalue weighted by Gasteiger charge is -2.15. The molecule has 0 atom stereocenters. The predicted molar refractivity (Wildman–Crippen MR) is 110 cm³/mol. The van der Waals surface area contributed by atoms with Crippen molar-refractivity contribution in [2.24, 2.45) is 0 Å². The zero-order valence-electron chi connectivity index (χ0n) is 13.6. The standard InChI is InChI=1S/C17H16Br2N2O3S/c1-3-24-14-7-5-4-6-13(14)20-17(25)21-16(22)11-8-10(18)9-12(19)15(11)23-2/h4-9H,3H2,1-2H3,(H2,20,21,22,25). The number of hydrogen-bond acceptors (Lipinski definition) is 4. The molecule has 0 radical (unpaired) electrons. The number of carbonyl (C=O) groups excluding carboxylic acids is 1. The first kappa shape index (κ1) is 19.7. The summed E-state index contributed by atoms with van der Waals surface area (Å²) in [5, 5.41) is 5.78. The molecule has 0 unspecified atom stereocenters. The number of thiocarbonyl (C=S) groups is 1. The van der Waals surface area contributed by atoms with Crippen molar-refractivity contribution in [1.29, 1.82) is 0 Å². The Bertz CT molecular complexity index is 799. The molecule has 0 saturated carbocycles. The van der Waals surface area contributed by atoms with Gasteiger partial charge in [-0.1, -0.05) is 28.1 Å². The summed E-state index contributed by atoms with van der Waals surface area (Å²) in [6.45, 7) is 2.43. The molecule has 1 amide bonds. The maximum absolute atomic E-state index is 12.5. The first-order valence-corrected chi connectivity index (χ1v) is 9.32. The lowest BCUT2D eigenvalue weighted by atomic mass is 10.2. The van der Waals surface area contributed by atoms with E-state index in [0.717, 1.165) is 4.47 Å². The Morgan fingerprint density at radius 2 is 1.96 bits per heavy atom. The fraction of sp³-hybridized carbons (Fsp3) is 0.176. The van der Waals surface area contributed by atoms with Crippen LogP contribution < -0.4 is 20.1 Å². The number of carbonyl (C=O) groups is 1. The van der Waals surface area contributed by atoms with Crippen LogP contribution >= 0.6 is 44.1 Å². The zero-order valence-corrected chi connectivity index (χ0v) is 17.5. The van der Waals surface area contributed by atoms with Crippen LogP contribution in [0.2, 0.25) is 0 Å². The molecule has 2 N–H and O–H groups in total. The Morgan fingerprint density at radius 3 is 2.64 bits per heavy atom. The Balaban J connectivity index is 2.15. The van der Waals surface area contributed by atoms with Crippen molar-refractivity contribution in [3.63, 3.8) is 0 Å². The minimum atomic E-state index is -0.384. The second kappa shape index (κ2) is 9.17. The van der Waals surface area contributed by atoms with Gasteiger partial charge in [0, 0.05) is 4.47 Å². The topological polar surface area (TPSA) is 59.6 Å². The molecule has 0 aliphatic heterocycles. The van der Waals surface area contributed by atoms with Crippen LogP contribution in [0.15, 0.2) is 45.3 Å². The molecule has 2 aromatic rings. The summed E-state index contributed by atoms with van der Waals surface area (Å²) >= 11 is 12.0. The van der Waals surface area contributed by atoms with Gasteiger partial charge in [0.25, 0.3) is 5.91 Å². The summed E-state index contributed by atoms with van der Waals surface area (Å²) in [5.41, 5.74) is 1.03. The summed E-state index contributed by atoms with van der Waals surface area (Å²) in [6.07, 6.45) is 0. The molecule has 0 aromatic heterocycles. The number of anilines is 1. The van der Waals surface area contributed by atoms with Crippen molar-refractivity contribution in [3.05, 3.63) is 50.9 Å². The van der Waals surface area contributed by atoms with Crippen LogP contribution in [0.1, 0.15) is 17.3 Å². The van der Waals surface area contributed by atoms with Crippen LogP contribution in [0, 0.1) is 0 Å². The molecule has 0 spiro atoms. The summed E-state index contributed by atoms with van der Waals surface area (Å²) in [4.78, 5) is 12.5. The van der Waals surface area contributed by atoms with Crippen molar-refractivity contribution < 1.29 is 14.3 Å². The van der Waals surface area contributed by atoms with E-state index >= 15 is 0 Å². The average molecular weight is 488 g/mol. The number of hydrogen-bond donors (Lipinski definition) is 2. The number of nitrogens with one attached hydrogen (secondary N) is 2. The van der Waals surface area contributed by atoms with Crippen LogP contribution in [-0.4, -0.2) is 24.7 Å². The summed E-state index contributed by atoms with van der Waals surface area (Å²) in [5.74, 6) is 0.702. The van der Waals surface area contributed by atoms with E-state index in [4.69, 9.17) is 21.7 Å². The van der Waals surface area contributed by atoms with Gasteiger partial charge in [-0.15, -0.1) is 0 Å². The van der Waals surface area contributed by atoms with Crippen LogP contribution in [-0.2, 0) is 0 Å². The lowest BCUT2D eigenvalue weighted by Crippen LogP contribution is -2.34. The minimum absolute atomic E-state index is 0.162. The number of rotatable bonds is 5. The van der Waals surface area contributed by atoms with Gasteiger partial charge < -0.3 is 14.8 Å². The monoisotopic (exact) mass is 486 g/mol. The van der Waals surface area contributed by atoms with Crippen LogP contribution in [0.5, 0.6) is 11.5 Å². The molecule has 0 saturated heterocycles. The molecule has 0 bridgehead atoms. The maximum atomic E-state index is 12.5. The highest BCUT2D eigenvalue weighted by Gasteiger charge is 2.17. The smallest absolute Gasteiger partial charge is 0.261 e. The molecule has 132 valence electrons. The van der Waals surface area contributed by atoms with Crippen LogP contribution in [0.3, 0.4) is 0 Å². The van der Waals surface area contributed by atoms with Crippen molar-refractivity contribution >= 4 is 60.8 Å². The number of methoxy groups -OCH3 is 1. The van der Waals surface area contributed by atoms with Gasteiger partial charge >= 0.3 is 0 Å². The quantitative estimate of drug-likeness (QED) is 0.596. The van der Waals surface area contributed by atoms with Gasteiger partial charge in [0.2, 0.25) is 0 Å². The Hall–Kier alpha value is -1.64. The van der Waals surface area contributed by atoms with E-state index in [2.05, 4.69) is 42.5 Å². The molecule has 0 aliphatic rings. The molecular weight excluding hydrogens is 472 g/mol. The first-order valence-electron chi connectivity index (χ1n) is 7.33. The number of benzene rings is 2. The van der Waals surface area contributed by atoms with Crippen LogP contribution in [0.4, 0.5) is 5.69 Å². The molecular formula is C17H16Br2N2O3S. The number of halogens is 2. The van der Waals surface area contributed by atoms with Gasteiger partial charge in [0.15, 0.2) is 5.11 Å². The molecule has 5 nitrogen and oxygen atoms in total. The van der Waals surface area contributed by atoms with Gasteiger partial charge in [-0.25, -0.2) is 0 Å². The second-order valence-corrected chi connectivity index (χ2v) is 6.98. The van der Waals surface area contributed by atoms with Crippen molar-refractivity contribution in [2.75, 3.05) is 19.0 Å². The molecule has 2 aromatic carbocycles. The third kappa shape index (κ3) is 5.17. The van der Waals surface area contributed by atoms with Gasteiger partial charge in [-0.2, -0.15) is 0 Å². The van der Waals surface area contributed by atoms with E-state index in [1.54, 1.807) is 12.1 Å². The summed E-state index contributed by atoms with van der Waals surface area (Å²) in [6, 6.07) is 10.8. The summed E-state index contributed by atoms with van der Waals surface area (Å²) in [7, 11) is 1.50. The molecule has 0 heterocycles. The SMILES string of the molecule is CCOc1ccccc1NC(=S)NC(=O)c1cc(Br)cc(Br)c1OC. The maximum Gasteiger partial charge on any atom is 0.261 e. The largest absolute Gasteiger partial charge is 0.495 e. The average Bonchev–Trinajstić information content (AvgIpc) is 2.56. The zero-order chi connectivity index (χ0) is 18.4. The predicted octanol–water partition coefficient (Wildman–Crippen LogP) is 4.75. The number of para-hydroxylation sites is 2. The van der Waals surface area contributed by atoms with E-state index in [1.165, 1.54) is 7.11 Å². The second-order valence-electron chi connectivity index (χ2n) is 4.81. The Morgan fingerprint density at radius 1 is 1.24 bits per heavy atom. The van der Waals surface area contributed by atoms with Gasteiger partial charge in [0.1, 0.15) is 11.5 Å². The van der Waals surface area contributed by atoms with E-state index in [-0.39, 0.29) is 11.0 Å². The molecule has 2 rings (SSSR count). The fourth-order valence-electron chi connectivity index (χ4n) is 2.11. The minimum Gasteiger partial charge on any atom is -0.495 e. The van der Waals surface area contributed by atoms with E-state index in [1.807, 2.05) is 31.2 Å². The summed E-state index contributed by atoms with van der Waals surface area (Å²) < 4.78 is 12.2. The van der Waals surface area contributed by atoms with Crippen LogP contribution in [0.25, 0.3) is 0 Å². The molecule has 8 heteroatoms. The Kier molecular flexibility index (Phi) is 7.22. The Labute approximate surface area is 168 Å². The van der Waals surface area contributed by atoms with Crippen molar-refractivity contribution in [1.82, 2.24) is 5.32 Å². The third-order valence-electron chi connectivity index (χ3n) is 3.12. The van der Waals surface area contributed by atoms with E-state index in [0.29, 0.717) is 33.8 Å². The highest BCUT2D eigenvalue weighted by Crippen LogP contribution is 2.32. The normalized spacial score (nSPS) is 10.1. The van der Waals surface area contributed by atoms with Crippen molar-refractivity contribution in [2.45, 2.75) is 6.92 Å². The molecule has 0 aliphatic carbocycles. The van der Waals surface area contributed by atoms with Gasteiger partial charge in [0.05, 0.1) is 29.4 Å². The number of amides is 1. The fourth-order valence-corrected chi connectivity index (χ4v) is 3.70. The number of ether oxygens (including phenoxy) is 2. The van der Waals surface area contributed by atoms with E-state index in [9.17, 15) is 4.79 Å². The molecule has 0 fully saturated rings. The molecule has 25 heavy (non-hydrogen) atoms. The first-order chi connectivity index (χ1) is 12.0. The van der Waals surface area contributed by atoms with Gasteiger partial charge in [-0.05, 0) is 59.3 Å².